The van der Waals surface area contributed by atoms with Gasteiger partial charge in [-0.3, -0.25) is 4.90 Å². The summed E-state index contributed by atoms with van der Waals surface area (Å²) in [6.45, 7) is 6.45. The summed E-state index contributed by atoms with van der Waals surface area (Å²) in [6, 6.07) is 6.28. The molecule has 3 unspecified atom stereocenters. The summed E-state index contributed by atoms with van der Waals surface area (Å²) in [5.41, 5.74) is 0.856. The normalized spacial score (nSPS) is 29.6. The first-order chi connectivity index (χ1) is 10.2. The van der Waals surface area contributed by atoms with Crippen molar-refractivity contribution in [2.45, 2.75) is 51.3 Å². The maximum absolute atomic E-state index is 10.8. The van der Waals surface area contributed by atoms with Gasteiger partial charge in [-0.1, -0.05) is 6.42 Å². The number of piperidine rings is 1. The van der Waals surface area contributed by atoms with Crippen molar-refractivity contribution >= 4 is 0 Å². The molecule has 0 amide bonds. The molecule has 0 aromatic heterocycles. The van der Waals surface area contributed by atoms with Crippen molar-refractivity contribution in [1.29, 1.82) is 0 Å². The summed E-state index contributed by atoms with van der Waals surface area (Å²) in [7, 11) is 0. The minimum Gasteiger partial charge on any atom is -0.494 e. The third-order valence-electron chi connectivity index (χ3n) is 4.67. The van der Waals surface area contributed by atoms with Gasteiger partial charge in [0.1, 0.15) is 24.2 Å². The highest BCUT2D eigenvalue weighted by Crippen LogP contribution is 2.38. The molecule has 2 aliphatic heterocycles. The highest BCUT2D eigenvalue weighted by Gasteiger charge is 2.36. The van der Waals surface area contributed by atoms with E-state index in [1.165, 1.54) is 19.3 Å². The van der Waals surface area contributed by atoms with E-state index in [4.69, 9.17) is 9.47 Å². The van der Waals surface area contributed by atoms with Crippen LogP contribution in [0.5, 0.6) is 11.5 Å². The van der Waals surface area contributed by atoms with E-state index in [-0.39, 0.29) is 6.04 Å². The number of nitrogens with zero attached hydrogens (tertiary/aromatic N) is 1. The van der Waals surface area contributed by atoms with E-state index in [1.54, 1.807) is 0 Å². The highest BCUT2D eigenvalue weighted by atomic mass is 16.5. The molecule has 4 nitrogen and oxygen atoms in total. The van der Waals surface area contributed by atoms with Crippen LogP contribution in [-0.2, 0) is 0 Å². The lowest BCUT2D eigenvalue weighted by Crippen LogP contribution is -2.51. The zero-order valence-corrected chi connectivity index (χ0v) is 12.9. The van der Waals surface area contributed by atoms with Gasteiger partial charge in [0, 0.05) is 11.6 Å². The smallest absolute Gasteiger partial charge is 0.125 e. The molecule has 1 saturated heterocycles. The molecule has 0 saturated carbocycles. The van der Waals surface area contributed by atoms with Gasteiger partial charge >= 0.3 is 0 Å². The van der Waals surface area contributed by atoms with Gasteiger partial charge in [0.15, 0.2) is 0 Å². The Kier molecular flexibility index (Phi) is 4.36. The molecular formula is C17H25NO3. The highest BCUT2D eigenvalue weighted by molar-refractivity contribution is 5.43. The number of fused-ring (bicyclic) bond motifs is 1. The third-order valence-corrected chi connectivity index (χ3v) is 4.67. The predicted octanol–water partition coefficient (Wildman–Crippen LogP) is 2.75. The molecule has 4 heteroatoms. The standard InChI is InChI=1S/C17H25NO3/c1-3-20-13-7-8-16-14(10-13)17(19)15(11-21-16)18-9-5-4-6-12(18)2/h7-8,10,12,15,17,19H,3-6,9,11H2,1-2H3. The second-order valence-corrected chi connectivity index (χ2v) is 6.04. The minimum absolute atomic E-state index is 0.0460. The number of aliphatic hydroxyl groups is 1. The molecule has 3 atom stereocenters. The summed E-state index contributed by atoms with van der Waals surface area (Å²) in [5.74, 6) is 1.58. The van der Waals surface area contributed by atoms with Gasteiger partial charge in [-0.05, 0) is 51.4 Å². The molecule has 3 rings (SSSR count). The van der Waals surface area contributed by atoms with Gasteiger partial charge in [0.25, 0.3) is 0 Å². The second-order valence-electron chi connectivity index (χ2n) is 6.04. The van der Waals surface area contributed by atoms with Crippen LogP contribution in [0.4, 0.5) is 0 Å². The Balaban J connectivity index is 1.83. The summed E-state index contributed by atoms with van der Waals surface area (Å²) >= 11 is 0. The topological polar surface area (TPSA) is 41.9 Å². The Morgan fingerprint density at radius 1 is 1.38 bits per heavy atom. The number of aliphatic hydroxyl groups excluding tert-OH is 1. The Labute approximate surface area is 126 Å². The van der Waals surface area contributed by atoms with Crippen LogP contribution in [-0.4, -0.2) is 41.8 Å². The fourth-order valence-corrected chi connectivity index (χ4v) is 3.51. The molecule has 0 radical (unpaired) electrons. The van der Waals surface area contributed by atoms with E-state index in [2.05, 4.69) is 11.8 Å². The fraction of sp³-hybridized carbons (Fsp3) is 0.647. The van der Waals surface area contributed by atoms with Gasteiger partial charge in [-0.25, -0.2) is 0 Å². The monoisotopic (exact) mass is 291 g/mol. The molecule has 116 valence electrons. The van der Waals surface area contributed by atoms with Crippen LogP contribution in [0.3, 0.4) is 0 Å². The summed E-state index contributed by atoms with van der Waals surface area (Å²) in [4.78, 5) is 2.41. The van der Waals surface area contributed by atoms with E-state index in [1.807, 2.05) is 25.1 Å². The van der Waals surface area contributed by atoms with Crippen molar-refractivity contribution in [1.82, 2.24) is 4.90 Å². The molecule has 1 aromatic carbocycles. The van der Waals surface area contributed by atoms with Crippen LogP contribution >= 0.6 is 0 Å². The predicted molar refractivity (Wildman–Crippen MR) is 81.9 cm³/mol. The third kappa shape index (κ3) is 2.87. The Bertz CT molecular complexity index is 491. The molecule has 0 aliphatic carbocycles. The molecule has 21 heavy (non-hydrogen) atoms. The van der Waals surface area contributed by atoms with Crippen LogP contribution < -0.4 is 9.47 Å². The maximum Gasteiger partial charge on any atom is 0.125 e. The van der Waals surface area contributed by atoms with E-state index in [0.29, 0.717) is 19.3 Å². The molecule has 0 bridgehead atoms. The van der Waals surface area contributed by atoms with Crippen molar-refractivity contribution in [3.8, 4) is 11.5 Å². The molecule has 1 N–H and O–H groups in total. The first kappa shape index (κ1) is 14.7. The van der Waals surface area contributed by atoms with E-state index in [0.717, 1.165) is 23.6 Å². The second kappa shape index (κ2) is 6.24. The van der Waals surface area contributed by atoms with Gasteiger partial charge in [0.2, 0.25) is 0 Å². The minimum atomic E-state index is -0.505. The van der Waals surface area contributed by atoms with Crippen LogP contribution in [0.2, 0.25) is 0 Å². The van der Waals surface area contributed by atoms with Gasteiger partial charge in [-0.2, -0.15) is 0 Å². The zero-order chi connectivity index (χ0) is 14.8. The van der Waals surface area contributed by atoms with Crippen LogP contribution in [0, 0.1) is 0 Å². The number of rotatable bonds is 3. The zero-order valence-electron chi connectivity index (χ0n) is 12.9. The quantitative estimate of drug-likeness (QED) is 0.930. The molecule has 0 spiro atoms. The van der Waals surface area contributed by atoms with Crippen molar-refractivity contribution in [3.63, 3.8) is 0 Å². The molecule has 2 heterocycles. The van der Waals surface area contributed by atoms with Gasteiger partial charge < -0.3 is 14.6 Å². The summed E-state index contributed by atoms with van der Waals surface area (Å²) in [5, 5.41) is 10.8. The molecule has 1 fully saturated rings. The van der Waals surface area contributed by atoms with E-state index < -0.39 is 6.10 Å². The van der Waals surface area contributed by atoms with Gasteiger partial charge in [0.05, 0.1) is 12.6 Å². The average Bonchev–Trinajstić information content (AvgIpc) is 2.50. The number of hydrogen-bond acceptors (Lipinski definition) is 4. The molecular weight excluding hydrogens is 266 g/mol. The van der Waals surface area contributed by atoms with Crippen molar-refractivity contribution in [2.24, 2.45) is 0 Å². The van der Waals surface area contributed by atoms with Crippen molar-refractivity contribution < 1.29 is 14.6 Å². The summed E-state index contributed by atoms with van der Waals surface area (Å²) in [6.07, 6.45) is 3.19. The number of benzene rings is 1. The van der Waals surface area contributed by atoms with Gasteiger partial charge in [-0.15, -0.1) is 0 Å². The lowest BCUT2D eigenvalue weighted by molar-refractivity contribution is -0.0247. The lowest BCUT2D eigenvalue weighted by Gasteiger charge is -2.43. The van der Waals surface area contributed by atoms with Crippen molar-refractivity contribution in [3.05, 3.63) is 23.8 Å². The van der Waals surface area contributed by atoms with E-state index in [9.17, 15) is 5.11 Å². The van der Waals surface area contributed by atoms with Crippen LogP contribution in [0.15, 0.2) is 18.2 Å². The number of hydrogen-bond donors (Lipinski definition) is 1. The first-order valence-electron chi connectivity index (χ1n) is 8.04. The SMILES string of the molecule is CCOc1ccc2c(c1)C(O)C(N1CCCCC1C)CO2. The first-order valence-corrected chi connectivity index (χ1v) is 8.04. The number of likely N-dealkylation sites (tertiary alicyclic amines) is 1. The van der Waals surface area contributed by atoms with Crippen LogP contribution in [0.1, 0.15) is 44.8 Å². The van der Waals surface area contributed by atoms with E-state index >= 15 is 0 Å². The van der Waals surface area contributed by atoms with Crippen molar-refractivity contribution in [2.75, 3.05) is 19.8 Å². The Morgan fingerprint density at radius 3 is 3.00 bits per heavy atom. The average molecular weight is 291 g/mol. The molecule has 2 aliphatic rings. The summed E-state index contributed by atoms with van der Waals surface area (Å²) < 4.78 is 11.4. The lowest BCUT2D eigenvalue weighted by atomic mass is 9.93. The Hall–Kier alpha value is -1.26. The number of ether oxygens (including phenoxy) is 2. The fourth-order valence-electron chi connectivity index (χ4n) is 3.51. The van der Waals surface area contributed by atoms with Crippen LogP contribution in [0.25, 0.3) is 0 Å². The molecule has 1 aromatic rings. The Morgan fingerprint density at radius 2 is 2.24 bits per heavy atom. The largest absolute Gasteiger partial charge is 0.494 e. The maximum atomic E-state index is 10.8.